The zero-order chi connectivity index (χ0) is 19.9. The summed E-state index contributed by atoms with van der Waals surface area (Å²) in [6.45, 7) is 6.42. The predicted molar refractivity (Wildman–Crippen MR) is 112 cm³/mol. The molecule has 1 saturated heterocycles. The Balaban J connectivity index is 0.00000240. The number of fused-ring (bicyclic) bond motifs is 1. The van der Waals surface area contributed by atoms with Gasteiger partial charge < -0.3 is 4.74 Å². The monoisotopic (exact) mass is 424 g/mol. The predicted octanol–water partition coefficient (Wildman–Crippen LogP) is 5.08. The van der Waals surface area contributed by atoms with Crippen molar-refractivity contribution in [3.05, 3.63) is 58.4 Å². The van der Waals surface area contributed by atoms with Crippen LogP contribution in [0.15, 0.2) is 30.3 Å². The lowest BCUT2D eigenvalue weighted by Crippen LogP contribution is -2.25. The van der Waals surface area contributed by atoms with E-state index in [-0.39, 0.29) is 19.5 Å². The van der Waals surface area contributed by atoms with Crippen molar-refractivity contribution in [1.29, 1.82) is 0 Å². The molecule has 0 N–H and O–H groups in total. The summed E-state index contributed by atoms with van der Waals surface area (Å²) in [4.78, 5) is 6.06. The average molecular weight is 425 g/mol. The number of aromatic nitrogens is 1. The summed E-state index contributed by atoms with van der Waals surface area (Å²) in [7, 11) is 0. The van der Waals surface area contributed by atoms with E-state index in [1.807, 2.05) is 0 Å². The summed E-state index contributed by atoms with van der Waals surface area (Å²) in [5, 5.41) is 0. The number of pyridine rings is 1. The first-order chi connectivity index (χ1) is 13.3. The molecule has 2 aliphatic rings. The molecule has 0 radical (unpaired) electrons. The second-order valence-corrected chi connectivity index (χ2v) is 8.00. The lowest BCUT2D eigenvalue weighted by molar-refractivity contribution is -0.141. The summed E-state index contributed by atoms with van der Waals surface area (Å²) in [6, 6.07) is 9.72. The fourth-order valence-electron chi connectivity index (χ4n) is 4.37. The fourth-order valence-corrected chi connectivity index (χ4v) is 4.37. The van der Waals surface area contributed by atoms with Crippen molar-refractivity contribution in [3.8, 4) is 5.75 Å². The molecule has 1 unspecified atom stereocenters. The molecule has 2 aliphatic heterocycles. The van der Waals surface area contributed by atoms with Crippen LogP contribution in [-0.2, 0) is 19.0 Å². The van der Waals surface area contributed by atoms with Crippen molar-refractivity contribution in [2.45, 2.75) is 45.3 Å². The third kappa shape index (κ3) is 4.89. The number of rotatable bonds is 4. The van der Waals surface area contributed by atoms with Gasteiger partial charge in [-0.2, -0.15) is 26.7 Å². The number of hydrogen-bond acceptors (Lipinski definition) is 3. The molecule has 3 nitrogen and oxygen atoms in total. The number of halogens is 3. The normalized spacial score (nSPS) is 20.1. The van der Waals surface area contributed by atoms with Gasteiger partial charge in [0.1, 0.15) is 11.4 Å². The van der Waals surface area contributed by atoms with Crippen LogP contribution in [0.5, 0.6) is 5.75 Å². The highest BCUT2D eigenvalue weighted by Crippen LogP contribution is 2.34. The van der Waals surface area contributed by atoms with Crippen LogP contribution in [0.3, 0.4) is 0 Å². The Kier molecular flexibility index (Phi) is 6.48. The van der Waals surface area contributed by atoms with E-state index in [9.17, 15) is 13.2 Å². The molecule has 1 fully saturated rings. The van der Waals surface area contributed by atoms with Gasteiger partial charge in [-0.05, 0) is 74.0 Å². The fraction of sp³-hybridized carbons (Fsp3) is 0.500. The zero-order valence-electron chi connectivity index (χ0n) is 16.7. The van der Waals surface area contributed by atoms with Gasteiger partial charge in [0.2, 0.25) is 0 Å². The van der Waals surface area contributed by atoms with E-state index >= 15 is 0 Å². The molecule has 0 amide bonds. The van der Waals surface area contributed by atoms with Crippen LogP contribution in [0.25, 0.3) is 0 Å². The summed E-state index contributed by atoms with van der Waals surface area (Å²) < 4.78 is 44.8. The maximum absolute atomic E-state index is 13.0. The molecule has 29 heavy (non-hydrogen) atoms. The first-order valence-electron chi connectivity index (χ1n) is 9.84. The first kappa shape index (κ1) is 22.0. The van der Waals surface area contributed by atoms with Crippen LogP contribution in [0.2, 0.25) is 0 Å². The molecule has 7 heteroatoms. The SMILES string of the molecule is Cc1cc(C[C@H]2CCN(C(C)c3ccc4c(c3)OCC4)C2)cc(C(F)(F)F)n1.S. The van der Waals surface area contributed by atoms with Crippen molar-refractivity contribution in [3.63, 3.8) is 0 Å². The quantitative estimate of drug-likeness (QED) is 0.684. The third-order valence-corrected chi connectivity index (χ3v) is 5.90. The number of hydrogen-bond donors (Lipinski definition) is 0. The highest BCUT2D eigenvalue weighted by atomic mass is 32.1. The number of benzene rings is 1. The molecule has 4 rings (SSSR count). The van der Waals surface area contributed by atoms with Crippen LogP contribution in [0.1, 0.15) is 47.5 Å². The van der Waals surface area contributed by atoms with Crippen molar-refractivity contribution in [1.82, 2.24) is 9.88 Å². The highest BCUT2D eigenvalue weighted by Gasteiger charge is 2.33. The Bertz CT molecular complexity index is 872. The molecular weight excluding hydrogens is 397 g/mol. The lowest BCUT2D eigenvalue weighted by atomic mass is 9.98. The van der Waals surface area contributed by atoms with Gasteiger partial charge in [-0.1, -0.05) is 12.1 Å². The Morgan fingerprint density at radius 1 is 1.24 bits per heavy atom. The molecule has 2 aromatic rings. The van der Waals surface area contributed by atoms with E-state index in [0.29, 0.717) is 18.0 Å². The molecule has 0 bridgehead atoms. The highest BCUT2D eigenvalue weighted by molar-refractivity contribution is 7.59. The van der Waals surface area contributed by atoms with E-state index in [4.69, 9.17) is 4.74 Å². The van der Waals surface area contributed by atoms with E-state index < -0.39 is 11.9 Å². The van der Waals surface area contributed by atoms with Gasteiger partial charge >= 0.3 is 6.18 Å². The minimum Gasteiger partial charge on any atom is -0.493 e. The van der Waals surface area contributed by atoms with E-state index in [2.05, 4.69) is 35.0 Å². The summed E-state index contributed by atoms with van der Waals surface area (Å²) in [5.74, 6) is 1.35. The van der Waals surface area contributed by atoms with E-state index in [1.165, 1.54) is 17.2 Å². The zero-order valence-corrected chi connectivity index (χ0v) is 17.7. The van der Waals surface area contributed by atoms with Crippen molar-refractivity contribution in [2.75, 3.05) is 19.7 Å². The minimum atomic E-state index is -4.40. The molecule has 3 heterocycles. The number of aryl methyl sites for hydroxylation is 1. The third-order valence-electron chi connectivity index (χ3n) is 5.90. The van der Waals surface area contributed by atoms with E-state index in [1.54, 1.807) is 13.0 Å². The number of ether oxygens (including phenoxy) is 1. The van der Waals surface area contributed by atoms with Crippen LogP contribution in [0.4, 0.5) is 13.2 Å². The number of alkyl halides is 3. The first-order valence-corrected chi connectivity index (χ1v) is 9.84. The van der Waals surface area contributed by atoms with Crippen LogP contribution in [0, 0.1) is 12.8 Å². The molecule has 158 valence electrons. The second kappa shape index (κ2) is 8.56. The maximum atomic E-state index is 13.0. The van der Waals surface area contributed by atoms with Gasteiger partial charge in [0, 0.05) is 24.7 Å². The van der Waals surface area contributed by atoms with Gasteiger partial charge in [0.15, 0.2) is 0 Å². The Morgan fingerprint density at radius 3 is 2.79 bits per heavy atom. The lowest BCUT2D eigenvalue weighted by Gasteiger charge is -2.25. The number of nitrogens with zero attached hydrogens (tertiary/aromatic N) is 2. The van der Waals surface area contributed by atoms with Gasteiger partial charge in [0.25, 0.3) is 0 Å². The molecular formula is C22H27F3N2OS. The summed E-state index contributed by atoms with van der Waals surface area (Å²) in [6.07, 6.45) is -1.77. The van der Waals surface area contributed by atoms with Crippen LogP contribution in [-0.4, -0.2) is 29.6 Å². The van der Waals surface area contributed by atoms with Crippen molar-refractivity contribution in [2.24, 2.45) is 5.92 Å². The molecule has 0 aliphatic carbocycles. The van der Waals surface area contributed by atoms with Gasteiger partial charge in [-0.3, -0.25) is 4.90 Å². The molecule has 2 atom stereocenters. The summed E-state index contributed by atoms with van der Waals surface area (Å²) >= 11 is 0. The minimum absolute atomic E-state index is 0. The van der Waals surface area contributed by atoms with Crippen molar-refractivity contribution < 1.29 is 17.9 Å². The maximum Gasteiger partial charge on any atom is 0.433 e. The van der Waals surface area contributed by atoms with Gasteiger partial charge in [0.05, 0.1) is 6.61 Å². The van der Waals surface area contributed by atoms with Crippen molar-refractivity contribution >= 4 is 13.5 Å². The average Bonchev–Trinajstić information content (AvgIpc) is 3.28. The molecule has 1 aromatic heterocycles. The Morgan fingerprint density at radius 2 is 2.03 bits per heavy atom. The molecule has 0 spiro atoms. The smallest absolute Gasteiger partial charge is 0.433 e. The standard InChI is InChI=1S/C22H25F3N2O.H2S/c1-14-9-17(11-21(26-14)22(23,24)25)10-16-5-7-27(13-16)15(2)19-4-3-18-6-8-28-20(18)12-19;/h3-4,9,11-12,15-16H,5-8,10,13H2,1-2H3;1H2/t15?,16-;/m1./s1. The summed E-state index contributed by atoms with van der Waals surface area (Å²) in [5.41, 5.74) is 2.87. The number of likely N-dealkylation sites (tertiary alicyclic amines) is 1. The van der Waals surface area contributed by atoms with Gasteiger partial charge in [-0.25, -0.2) is 4.98 Å². The Labute approximate surface area is 176 Å². The Hall–Kier alpha value is -1.73. The molecule has 1 aromatic carbocycles. The van der Waals surface area contributed by atoms with Crippen LogP contribution >= 0.6 is 13.5 Å². The second-order valence-electron chi connectivity index (χ2n) is 8.00. The van der Waals surface area contributed by atoms with E-state index in [0.717, 1.165) is 43.9 Å². The van der Waals surface area contributed by atoms with Gasteiger partial charge in [-0.15, -0.1) is 0 Å². The largest absolute Gasteiger partial charge is 0.493 e. The van der Waals surface area contributed by atoms with Crippen LogP contribution < -0.4 is 4.74 Å². The topological polar surface area (TPSA) is 25.4 Å². The molecule has 0 saturated carbocycles.